The molecule has 182 valence electrons. The maximum Gasteiger partial charge on any atom is 0.338 e. The van der Waals surface area contributed by atoms with Crippen LogP contribution in [0.2, 0.25) is 10.0 Å². The first-order chi connectivity index (χ1) is 17.4. The van der Waals surface area contributed by atoms with Crippen LogP contribution in [0.25, 0.3) is 17.4 Å². The first kappa shape index (κ1) is 24.3. The number of thiazole rings is 1. The molecule has 36 heavy (non-hydrogen) atoms. The van der Waals surface area contributed by atoms with E-state index in [0.717, 1.165) is 5.56 Å². The smallest absolute Gasteiger partial charge is 0.338 e. The van der Waals surface area contributed by atoms with E-state index in [4.69, 9.17) is 32.4 Å². The van der Waals surface area contributed by atoms with Crippen molar-refractivity contribution in [2.75, 3.05) is 6.61 Å². The van der Waals surface area contributed by atoms with E-state index in [9.17, 15) is 9.59 Å². The summed E-state index contributed by atoms with van der Waals surface area (Å²) in [6, 6.07) is 17.3. The predicted octanol–water partition coefficient (Wildman–Crippen LogP) is 5.37. The van der Waals surface area contributed by atoms with Crippen molar-refractivity contribution in [3.8, 4) is 11.3 Å². The summed E-state index contributed by atoms with van der Waals surface area (Å²) in [5.41, 5.74) is 1.95. The van der Waals surface area contributed by atoms with E-state index in [1.54, 1.807) is 56.3 Å². The molecule has 3 heterocycles. The van der Waals surface area contributed by atoms with Crippen molar-refractivity contribution >= 4 is 46.6 Å². The molecule has 0 saturated carbocycles. The van der Waals surface area contributed by atoms with E-state index in [2.05, 4.69) is 4.99 Å². The van der Waals surface area contributed by atoms with E-state index in [0.29, 0.717) is 42.2 Å². The Morgan fingerprint density at radius 2 is 1.89 bits per heavy atom. The summed E-state index contributed by atoms with van der Waals surface area (Å²) in [4.78, 5) is 31.7. The van der Waals surface area contributed by atoms with Crippen molar-refractivity contribution in [1.29, 1.82) is 0 Å². The van der Waals surface area contributed by atoms with E-state index in [-0.39, 0.29) is 17.7 Å². The number of benzene rings is 2. The number of hydrogen-bond acceptors (Lipinski definition) is 6. The fourth-order valence-electron chi connectivity index (χ4n) is 4.11. The molecular formula is C27H20Cl2N2O4S. The summed E-state index contributed by atoms with van der Waals surface area (Å²) >= 11 is 13.7. The zero-order chi connectivity index (χ0) is 25.4. The number of esters is 1. The van der Waals surface area contributed by atoms with Gasteiger partial charge in [0.05, 0.1) is 22.4 Å². The number of carbonyl (C=O) groups excluding carboxylic acids is 1. The van der Waals surface area contributed by atoms with Crippen molar-refractivity contribution in [3.63, 3.8) is 0 Å². The summed E-state index contributed by atoms with van der Waals surface area (Å²) in [5.74, 6) is 0.637. The van der Waals surface area contributed by atoms with Crippen LogP contribution < -0.4 is 14.9 Å². The fraction of sp³-hybridized carbons (Fsp3) is 0.148. The van der Waals surface area contributed by atoms with Crippen LogP contribution in [0.15, 0.2) is 86.1 Å². The standard InChI is InChI=1S/C27H20Cl2N2O4S/c1-3-34-26(33)23-15(2)30-27-31(24(23)19-6-4-5-7-20(19)29)25(32)22(36-27)14-18-12-13-21(35-18)16-8-10-17(28)11-9-16/h4-14,24H,3H2,1-2H3. The van der Waals surface area contributed by atoms with Gasteiger partial charge in [-0.25, -0.2) is 9.79 Å². The molecule has 0 saturated heterocycles. The highest BCUT2D eigenvalue weighted by Crippen LogP contribution is 2.34. The molecule has 0 fully saturated rings. The molecule has 5 rings (SSSR count). The van der Waals surface area contributed by atoms with Gasteiger partial charge in [0, 0.05) is 21.7 Å². The van der Waals surface area contributed by atoms with Crippen LogP contribution in [0.4, 0.5) is 0 Å². The highest BCUT2D eigenvalue weighted by molar-refractivity contribution is 7.07. The van der Waals surface area contributed by atoms with Crippen molar-refractivity contribution < 1.29 is 13.9 Å². The van der Waals surface area contributed by atoms with Crippen LogP contribution in [0, 0.1) is 0 Å². The molecular weight excluding hydrogens is 519 g/mol. The highest BCUT2D eigenvalue weighted by atomic mass is 35.5. The Labute approximate surface area is 220 Å². The van der Waals surface area contributed by atoms with Gasteiger partial charge in [-0.05, 0) is 61.9 Å². The second-order valence-corrected chi connectivity index (χ2v) is 9.89. The van der Waals surface area contributed by atoms with Gasteiger partial charge >= 0.3 is 5.97 Å². The molecule has 0 radical (unpaired) electrons. The first-order valence-electron chi connectivity index (χ1n) is 11.2. The molecule has 1 atom stereocenters. The number of furan rings is 1. The molecule has 2 aromatic carbocycles. The van der Waals surface area contributed by atoms with Gasteiger partial charge < -0.3 is 9.15 Å². The monoisotopic (exact) mass is 538 g/mol. The normalized spacial score (nSPS) is 15.6. The lowest BCUT2D eigenvalue weighted by molar-refractivity contribution is -0.139. The molecule has 2 aromatic heterocycles. The Bertz CT molecular complexity index is 1680. The van der Waals surface area contributed by atoms with E-state index in [1.807, 2.05) is 24.3 Å². The SMILES string of the molecule is CCOC(=O)C1=C(C)N=c2sc(=Cc3ccc(-c4ccc(Cl)cc4)o3)c(=O)n2C1c1ccccc1Cl. The number of fused-ring (bicyclic) bond motifs is 1. The van der Waals surface area contributed by atoms with Crippen LogP contribution in [-0.4, -0.2) is 17.1 Å². The Hall–Kier alpha value is -3.39. The molecule has 4 aromatic rings. The third-order valence-electron chi connectivity index (χ3n) is 5.75. The van der Waals surface area contributed by atoms with Gasteiger partial charge in [-0.3, -0.25) is 9.36 Å². The largest absolute Gasteiger partial charge is 0.463 e. The summed E-state index contributed by atoms with van der Waals surface area (Å²) < 4.78 is 13.2. The molecule has 1 unspecified atom stereocenters. The minimum atomic E-state index is -0.766. The van der Waals surface area contributed by atoms with Gasteiger partial charge in [0.1, 0.15) is 17.6 Å². The van der Waals surface area contributed by atoms with Gasteiger partial charge in [0.15, 0.2) is 4.80 Å². The van der Waals surface area contributed by atoms with Crippen molar-refractivity contribution in [3.05, 3.63) is 113 Å². The molecule has 1 aliphatic heterocycles. The van der Waals surface area contributed by atoms with Crippen molar-refractivity contribution in [2.24, 2.45) is 4.99 Å². The average Bonchev–Trinajstić information content (AvgIpc) is 3.44. The van der Waals surface area contributed by atoms with Crippen LogP contribution in [0.3, 0.4) is 0 Å². The molecule has 0 amide bonds. The first-order valence-corrected chi connectivity index (χ1v) is 12.7. The zero-order valence-corrected chi connectivity index (χ0v) is 21.7. The molecule has 0 aliphatic carbocycles. The molecule has 0 bridgehead atoms. The van der Waals surface area contributed by atoms with Crippen LogP contribution in [0.1, 0.15) is 31.2 Å². The van der Waals surface area contributed by atoms with Gasteiger partial charge in [0.2, 0.25) is 0 Å². The Balaban J connectivity index is 1.65. The number of carbonyl (C=O) groups is 1. The Kier molecular flexibility index (Phi) is 6.71. The maximum atomic E-state index is 13.7. The number of ether oxygens (including phenoxy) is 1. The molecule has 9 heteroatoms. The number of hydrogen-bond donors (Lipinski definition) is 0. The number of halogens is 2. The Morgan fingerprint density at radius 1 is 1.14 bits per heavy atom. The number of aromatic nitrogens is 1. The molecule has 0 spiro atoms. The minimum Gasteiger partial charge on any atom is -0.463 e. The third kappa shape index (κ3) is 4.46. The van der Waals surface area contributed by atoms with Crippen molar-refractivity contribution in [2.45, 2.75) is 19.9 Å². The van der Waals surface area contributed by atoms with Gasteiger partial charge in [-0.1, -0.05) is 52.7 Å². The van der Waals surface area contributed by atoms with E-state index < -0.39 is 12.0 Å². The summed E-state index contributed by atoms with van der Waals surface area (Å²) in [6.45, 7) is 3.66. The number of rotatable bonds is 5. The van der Waals surface area contributed by atoms with Crippen LogP contribution in [0.5, 0.6) is 0 Å². The second-order valence-electron chi connectivity index (χ2n) is 8.03. The fourth-order valence-corrected chi connectivity index (χ4v) is 5.50. The molecule has 1 aliphatic rings. The highest BCUT2D eigenvalue weighted by Gasteiger charge is 2.34. The molecule has 0 N–H and O–H groups in total. The predicted molar refractivity (Wildman–Crippen MR) is 141 cm³/mol. The zero-order valence-electron chi connectivity index (χ0n) is 19.3. The Morgan fingerprint density at radius 3 is 2.61 bits per heavy atom. The summed E-state index contributed by atoms with van der Waals surface area (Å²) in [5, 5.41) is 1.07. The van der Waals surface area contributed by atoms with Gasteiger partial charge in [-0.15, -0.1) is 0 Å². The second kappa shape index (κ2) is 9.93. The van der Waals surface area contributed by atoms with Crippen LogP contribution >= 0.6 is 34.5 Å². The topological polar surface area (TPSA) is 73.8 Å². The van der Waals surface area contributed by atoms with E-state index >= 15 is 0 Å². The molecule has 6 nitrogen and oxygen atoms in total. The average molecular weight is 539 g/mol. The number of allylic oxidation sites excluding steroid dienone is 1. The lowest BCUT2D eigenvalue weighted by Gasteiger charge is -2.25. The lowest BCUT2D eigenvalue weighted by atomic mass is 9.96. The summed E-state index contributed by atoms with van der Waals surface area (Å²) in [7, 11) is 0. The van der Waals surface area contributed by atoms with Crippen molar-refractivity contribution in [1.82, 2.24) is 4.57 Å². The lowest BCUT2D eigenvalue weighted by Crippen LogP contribution is -2.40. The maximum absolute atomic E-state index is 13.7. The summed E-state index contributed by atoms with van der Waals surface area (Å²) in [6.07, 6.45) is 1.68. The van der Waals surface area contributed by atoms with Crippen LogP contribution in [-0.2, 0) is 9.53 Å². The quantitative estimate of drug-likeness (QED) is 0.320. The van der Waals surface area contributed by atoms with E-state index in [1.165, 1.54) is 15.9 Å². The van der Waals surface area contributed by atoms with Gasteiger partial charge in [-0.2, -0.15) is 0 Å². The number of nitrogens with zero attached hydrogens (tertiary/aromatic N) is 2. The van der Waals surface area contributed by atoms with Gasteiger partial charge in [0.25, 0.3) is 5.56 Å². The third-order valence-corrected chi connectivity index (χ3v) is 7.32. The minimum absolute atomic E-state index is 0.198.